The SMILES string of the molecule is CCOC(=O)C1=C(CN2Cc3ccccc3C[C@H]2C(=O)NC)NC(=O)N[C@@H]1c1ccco1. The fourth-order valence-corrected chi connectivity index (χ4v) is 4.23. The molecule has 2 atom stereocenters. The second kappa shape index (κ2) is 9.27. The molecule has 0 radical (unpaired) electrons. The molecule has 9 nitrogen and oxygen atoms in total. The van der Waals surface area contributed by atoms with E-state index in [1.165, 1.54) is 6.26 Å². The van der Waals surface area contributed by atoms with Crippen molar-refractivity contribution in [2.45, 2.75) is 32.0 Å². The summed E-state index contributed by atoms with van der Waals surface area (Å²) < 4.78 is 10.8. The molecule has 2 aliphatic rings. The normalized spacial score (nSPS) is 20.8. The van der Waals surface area contributed by atoms with E-state index in [0.29, 0.717) is 24.4 Å². The topological polar surface area (TPSA) is 113 Å². The number of hydrogen-bond acceptors (Lipinski definition) is 6. The van der Waals surface area contributed by atoms with Crippen molar-refractivity contribution in [1.82, 2.24) is 20.9 Å². The maximum absolute atomic E-state index is 12.9. The molecule has 0 saturated heterocycles. The molecule has 0 unspecified atom stereocenters. The minimum Gasteiger partial charge on any atom is -0.467 e. The highest BCUT2D eigenvalue weighted by molar-refractivity contribution is 5.95. The number of benzene rings is 1. The Kier molecular flexibility index (Phi) is 6.27. The van der Waals surface area contributed by atoms with Crippen LogP contribution < -0.4 is 16.0 Å². The Labute approximate surface area is 185 Å². The van der Waals surface area contributed by atoms with Gasteiger partial charge in [-0.15, -0.1) is 0 Å². The number of hydrogen-bond donors (Lipinski definition) is 3. The molecule has 0 fully saturated rings. The summed E-state index contributed by atoms with van der Waals surface area (Å²) in [6.07, 6.45) is 2.01. The van der Waals surface area contributed by atoms with Crippen molar-refractivity contribution >= 4 is 17.9 Å². The first-order valence-corrected chi connectivity index (χ1v) is 10.5. The van der Waals surface area contributed by atoms with E-state index in [4.69, 9.17) is 9.15 Å². The van der Waals surface area contributed by atoms with Crippen LogP contribution in [0, 0.1) is 0 Å². The number of carbonyl (C=O) groups is 3. The highest BCUT2D eigenvalue weighted by Gasteiger charge is 2.38. The molecule has 2 aromatic rings. The Morgan fingerprint density at radius 3 is 2.69 bits per heavy atom. The van der Waals surface area contributed by atoms with Crippen LogP contribution in [0.4, 0.5) is 4.79 Å². The van der Waals surface area contributed by atoms with Gasteiger partial charge in [0.25, 0.3) is 0 Å². The number of nitrogens with one attached hydrogen (secondary N) is 3. The zero-order valence-corrected chi connectivity index (χ0v) is 18.0. The van der Waals surface area contributed by atoms with Gasteiger partial charge >= 0.3 is 12.0 Å². The Bertz CT molecular complexity index is 1050. The number of ether oxygens (including phenoxy) is 1. The second-order valence-corrected chi connectivity index (χ2v) is 7.67. The Morgan fingerprint density at radius 1 is 1.22 bits per heavy atom. The molecule has 9 heteroatoms. The van der Waals surface area contributed by atoms with Crippen molar-refractivity contribution in [3.8, 4) is 0 Å². The molecular weight excluding hydrogens is 412 g/mol. The van der Waals surface area contributed by atoms with Gasteiger partial charge in [-0.2, -0.15) is 0 Å². The summed E-state index contributed by atoms with van der Waals surface area (Å²) in [5.41, 5.74) is 2.87. The molecule has 3 heterocycles. The molecule has 3 N–H and O–H groups in total. The predicted molar refractivity (Wildman–Crippen MR) is 115 cm³/mol. The van der Waals surface area contributed by atoms with E-state index in [1.54, 1.807) is 26.1 Å². The van der Waals surface area contributed by atoms with Crippen LogP contribution in [0.3, 0.4) is 0 Å². The molecule has 1 aromatic heterocycles. The van der Waals surface area contributed by atoms with Crippen LogP contribution in [-0.4, -0.2) is 49.0 Å². The lowest BCUT2D eigenvalue weighted by atomic mass is 9.92. The van der Waals surface area contributed by atoms with Crippen LogP contribution in [-0.2, 0) is 27.3 Å². The van der Waals surface area contributed by atoms with E-state index in [2.05, 4.69) is 16.0 Å². The quantitative estimate of drug-likeness (QED) is 0.591. The fourth-order valence-electron chi connectivity index (χ4n) is 4.23. The minimum atomic E-state index is -0.789. The van der Waals surface area contributed by atoms with Crippen LogP contribution in [0.1, 0.15) is 29.9 Å². The molecule has 32 heavy (non-hydrogen) atoms. The average Bonchev–Trinajstić information content (AvgIpc) is 3.32. The molecule has 0 spiro atoms. The number of amides is 3. The van der Waals surface area contributed by atoms with Crippen molar-refractivity contribution < 1.29 is 23.5 Å². The average molecular weight is 438 g/mol. The van der Waals surface area contributed by atoms with Gasteiger partial charge in [0.15, 0.2) is 0 Å². The second-order valence-electron chi connectivity index (χ2n) is 7.67. The third-order valence-electron chi connectivity index (χ3n) is 5.73. The third kappa shape index (κ3) is 4.24. The van der Waals surface area contributed by atoms with E-state index in [1.807, 2.05) is 29.2 Å². The van der Waals surface area contributed by atoms with Crippen molar-refractivity contribution in [3.63, 3.8) is 0 Å². The van der Waals surface area contributed by atoms with Gasteiger partial charge < -0.3 is 25.1 Å². The minimum absolute atomic E-state index is 0.124. The van der Waals surface area contributed by atoms with Crippen molar-refractivity contribution in [2.24, 2.45) is 0 Å². The van der Waals surface area contributed by atoms with Gasteiger partial charge in [0.2, 0.25) is 5.91 Å². The van der Waals surface area contributed by atoms with E-state index in [0.717, 1.165) is 11.1 Å². The number of nitrogens with zero attached hydrogens (tertiary/aromatic N) is 1. The first-order valence-electron chi connectivity index (χ1n) is 10.5. The molecule has 0 aliphatic carbocycles. The summed E-state index contributed by atoms with van der Waals surface area (Å²) in [7, 11) is 1.60. The van der Waals surface area contributed by atoms with Gasteiger partial charge in [0.05, 0.1) is 24.5 Å². The summed E-state index contributed by atoms with van der Waals surface area (Å²) in [6, 6.07) is 9.65. The van der Waals surface area contributed by atoms with E-state index < -0.39 is 24.1 Å². The molecule has 4 rings (SSSR count). The van der Waals surface area contributed by atoms with Gasteiger partial charge in [0, 0.05) is 25.8 Å². The summed E-state index contributed by atoms with van der Waals surface area (Å²) in [4.78, 5) is 40.0. The summed E-state index contributed by atoms with van der Waals surface area (Å²) in [5.74, 6) is -0.252. The molecule has 168 valence electrons. The zero-order valence-electron chi connectivity index (χ0n) is 18.0. The summed E-state index contributed by atoms with van der Waals surface area (Å²) in [5, 5.41) is 8.22. The summed E-state index contributed by atoms with van der Waals surface area (Å²) >= 11 is 0. The standard InChI is InChI=1S/C23H26N4O5/c1-3-31-22(29)19-16(25-23(30)26-20(19)18-9-6-10-32-18)13-27-12-15-8-5-4-7-14(15)11-17(27)21(28)24-2/h4-10,17,20H,3,11-13H2,1-2H3,(H,24,28)(H2,25,26,30)/t17-,20+/m0/s1. The molecule has 3 amide bonds. The van der Waals surface area contributed by atoms with E-state index >= 15 is 0 Å². The number of carbonyl (C=O) groups excluding carboxylic acids is 3. The summed E-state index contributed by atoms with van der Waals surface area (Å²) in [6.45, 7) is 2.60. The number of fused-ring (bicyclic) bond motifs is 1. The maximum Gasteiger partial charge on any atom is 0.338 e. The smallest absolute Gasteiger partial charge is 0.338 e. The van der Waals surface area contributed by atoms with Crippen LogP contribution >= 0.6 is 0 Å². The number of esters is 1. The fraction of sp³-hybridized carbons (Fsp3) is 0.348. The Hall–Kier alpha value is -3.59. The predicted octanol–water partition coefficient (Wildman–Crippen LogP) is 1.62. The number of rotatable bonds is 6. The first kappa shape index (κ1) is 21.6. The van der Waals surface area contributed by atoms with Gasteiger partial charge in [-0.05, 0) is 36.6 Å². The van der Waals surface area contributed by atoms with Gasteiger partial charge in [-0.1, -0.05) is 24.3 Å². The molecule has 0 saturated carbocycles. The molecular formula is C23H26N4O5. The monoisotopic (exact) mass is 438 g/mol. The highest BCUT2D eigenvalue weighted by Crippen LogP contribution is 2.30. The van der Waals surface area contributed by atoms with E-state index in [-0.39, 0.29) is 24.6 Å². The molecule has 1 aromatic carbocycles. The van der Waals surface area contributed by atoms with Crippen LogP contribution in [0.5, 0.6) is 0 Å². The highest BCUT2D eigenvalue weighted by atomic mass is 16.5. The van der Waals surface area contributed by atoms with Gasteiger partial charge in [0.1, 0.15) is 11.8 Å². The number of urea groups is 1. The lowest BCUT2D eigenvalue weighted by molar-refractivity contribution is -0.139. The largest absolute Gasteiger partial charge is 0.467 e. The molecule has 2 aliphatic heterocycles. The maximum atomic E-state index is 12.9. The van der Waals surface area contributed by atoms with Crippen LogP contribution in [0.15, 0.2) is 58.3 Å². The Balaban J connectivity index is 1.74. The Morgan fingerprint density at radius 2 is 2.00 bits per heavy atom. The molecule has 0 bridgehead atoms. The van der Waals surface area contributed by atoms with Gasteiger partial charge in [-0.3, -0.25) is 9.69 Å². The number of furan rings is 1. The van der Waals surface area contributed by atoms with Gasteiger partial charge in [-0.25, -0.2) is 9.59 Å². The lowest BCUT2D eigenvalue weighted by Crippen LogP contribution is -2.53. The number of likely N-dealkylation sites (N-methyl/N-ethyl adjacent to an activating group) is 1. The third-order valence-corrected chi connectivity index (χ3v) is 5.73. The zero-order chi connectivity index (χ0) is 22.7. The van der Waals surface area contributed by atoms with Crippen molar-refractivity contribution in [1.29, 1.82) is 0 Å². The van der Waals surface area contributed by atoms with Crippen LogP contribution in [0.25, 0.3) is 0 Å². The van der Waals surface area contributed by atoms with Crippen LogP contribution in [0.2, 0.25) is 0 Å². The lowest BCUT2D eigenvalue weighted by Gasteiger charge is -2.38. The van der Waals surface area contributed by atoms with Crippen molar-refractivity contribution in [2.75, 3.05) is 20.2 Å². The van der Waals surface area contributed by atoms with Crippen molar-refractivity contribution in [3.05, 3.63) is 70.8 Å². The van der Waals surface area contributed by atoms with E-state index in [9.17, 15) is 14.4 Å². The first-order chi connectivity index (χ1) is 15.5.